The third-order valence-corrected chi connectivity index (χ3v) is 7.37. The molecule has 0 fully saturated rings. The highest BCUT2D eigenvalue weighted by molar-refractivity contribution is 7.90. The minimum atomic E-state index is -3.96. The first kappa shape index (κ1) is 28.3. The second-order valence-corrected chi connectivity index (χ2v) is 11.8. The van der Waals surface area contributed by atoms with Crippen molar-refractivity contribution in [2.24, 2.45) is 0 Å². The molecule has 0 bridgehead atoms. The van der Waals surface area contributed by atoms with E-state index < -0.39 is 34.2 Å². The Labute approximate surface area is 210 Å². The van der Waals surface area contributed by atoms with Gasteiger partial charge in [-0.3, -0.25) is 9.59 Å². The van der Waals surface area contributed by atoms with Gasteiger partial charge in [0.05, 0.1) is 5.69 Å². The van der Waals surface area contributed by atoms with Gasteiger partial charge >= 0.3 is 10.2 Å². The summed E-state index contributed by atoms with van der Waals surface area (Å²) in [5, 5.41) is 2.97. The van der Waals surface area contributed by atoms with Crippen LogP contribution in [0.25, 0.3) is 0 Å². The number of benzene rings is 2. The van der Waals surface area contributed by atoms with E-state index in [9.17, 15) is 18.0 Å². The van der Waals surface area contributed by atoms with Crippen LogP contribution in [0.1, 0.15) is 45.2 Å². The molecular formula is C26H38N4O4S. The monoisotopic (exact) mass is 502 g/mol. The second kappa shape index (κ2) is 11.7. The molecule has 2 rings (SSSR count). The molecule has 192 valence electrons. The molecule has 0 unspecified atom stereocenters. The lowest BCUT2D eigenvalue weighted by Gasteiger charge is -2.35. The normalized spacial score (nSPS) is 12.8. The van der Waals surface area contributed by atoms with Crippen LogP contribution in [0.3, 0.4) is 0 Å². The molecule has 0 saturated heterocycles. The van der Waals surface area contributed by atoms with Gasteiger partial charge in [-0.1, -0.05) is 49.4 Å². The zero-order valence-corrected chi connectivity index (χ0v) is 22.6. The fraction of sp³-hybridized carbons (Fsp3) is 0.462. The minimum Gasteiger partial charge on any atom is -0.350 e. The third kappa shape index (κ3) is 7.53. The number of aryl methyl sites for hydroxylation is 1. The van der Waals surface area contributed by atoms with E-state index in [1.165, 1.54) is 19.0 Å². The van der Waals surface area contributed by atoms with Gasteiger partial charge in [0.2, 0.25) is 11.8 Å². The van der Waals surface area contributed by atoms with Crippen LogP contribution < -0.4 is 9.62 Å². The van der Waals surface area contributed by atoms with Crippen molar-refractivity contribution in [3.63, 3.8) is 0 Å². The number of carbonyl (C=O) groups excluding carboxylic acids is 2. The van der Waals surface area contributed by atoms with Crippen LogP contribution in [0.5, 0.6) is 0 Å². The summed E-state index contributed by atoms with van der Waals surface area (Å²) in [5.41, 5.74) is 1.77. The van der Waals surface area contributed by atoms with Crippen molar-refractivity contribution < 1.29 is 18.0 Å². The lowest BCUT2D eigenvalue weighted by Crippen LogP contribution is -2.55. The molecule has 1 atom stereocenters. The molecule has 2 amide bonds. The van der Waals surface area contributed by atoms with Crippen LogP contribution in [0.15, 0.2) is 54.6 Å². The lowest BCUT2D eigenvalue weighted by molar-refractivity contribution is -0.141. The van der Waals surface area contributed by atoms with E-state index in [0.717, 1.165) is 19.7 Å². The Morgan fingerprint density at radius 3 is 2.06 bits per heavy atom. The number of carbonyl (C=O) groups is 2. The SMILES string of the molecule is CC[C@@H](C(=O)NC(C)(C)C)N(Cc1ccccc1C)C(=O)CN(c1ccccc1)S(=O)(=O)N(C)C. The van der Waals surface area contributed by atoms with E-state index >= 15 is 0 Å². The number of nitrogens with one attached hydrogen (secondary N) is 1. The first-order valence-electron chi connectivity index (χ1n) is 11.7. The highest BCUT2D eigenvalue weighted by atomic mass is 32.2. The summed E-state index contributed by atoms with van der Waals surface area (Å²) < 4.78 is 28.5. The largest absolute Gasteiger partial charge is 0.350 e. The Hall–Kier alpha value is -2.91. The number of rotatable bonds is 10. The van der Waals surface area contributed by atoms with E-state index in [1.807, 2.05) is 58.9 Å². The lowest BCUT2D eigenvalue weighted by atomic mass is 10.0. The highest BCUT2D eigenvalue weighted by Gasteiger charge is 2.34. The molecule has 2 aromatic rings. The standard InChI is InChI=1S/C26H38N4O4S/c1-8-23(25(32)27-26(3,4)5)29(18-21-15-13-12-14-20(21)2)24(31)19-30(35(33,34)28(6)7)22-16-10-9-11-17-22/h9-17,23H,8,18-19H2,1-7H3,(H,27,32)/t23-/m0/s1. The highest BCUT2D eigenvalue weighted by Crippen LogP contribution is 2.22. The molecule has 0 saturated carbocycles. The molecule has 2 aromatic carbocycles. The van der Waals surface area contributed by atoms with Gasteiger partial charge in [-0.25, -0.2) is 4.31 Å². The van der Waals surface area contributed by atoms with Gasteiger partial charge < -0.3 is 10.2 Å². The summed E-state index contributed by atoms with van der Waals surface area (Å²) in [7, 11) is -1.12. The van der Waals surface area contributed by atoms with Crippen molar-refractivity contribution in [2.45, 2.75) is 59.2 Å². The summed E-state index contributed by atoms with van der Waals surface area (Å²) in [6, 6.07) is 15.4. The predicted molar refractivity (Wildman–Crippen MR) is 140 cm³/mol. The molecular weight excluding hydrogens is 464 g/mol. The maximum Gasteiger partial charge on any atom is 0.304 e. The Morgan fingerprint density at radius 2 is 1.54 bits per heavy atom. The zero-order valence-electron chi connectivity index (χ0n) is 21.8. The number of anilines is 1. The maximum absolute atomic E-state index is 13.8. The minimum absolute atomic E-state index is 0.187. The number of amides is 2. The van der Waals surface area contributed by atoms with E-state index in [-0.39, 0.29) is 12.5 Å². The molecule has 1 N–H and O–H groups in total. The van der Waals surface area contributed by atoms with Gasteiger partial charge in [0, 0.05) is 26.2 Å². The fourth-order valence-corrected chi connectivity index (χ4v) is 4.71. The van der Waals surface area contributed by atoms with Crippen LogP contribution in [-0.2, 0) is 26.3 Å². The van der Waals surface area contributed by atoms with Crippen molar-refractivity contribution in [2.75, 3.05) is 24.9 Å². The smallest absolute Gasteiger partial charge is 0.304 e. The number of hydrogen-bond acceptors (Lipinski definition) is 4. The molecule has 9 heteroatoms. The summed E-state index contributed by atoms with van der Waals surface area (Å²) in [6.45, 7) is 9.18. The Bertz CT molecular complexity index is 1110. The molecule has 0 aliphatic rings. The van der Waals surface area contributed by atoms with Gasteiger partial charge in [-0.05, 0) is 57.4 Å². The molecule has 8 nitrogen and oxygen atoms in total. The molecule has 0 radical (unpaired) electrons. The number of nitrogens with zero attached hydrogens (tertiary/aromatic N) is 3. The third-order valence-electron chi connectivity index (χ3n) is 5.55. The number of para-hydroxylation sites is 1. The van der Waals surface area contributed by atoms with Gasteiger partial charge in [-0.15, -0.1) is 0 Å². The van der Waals surface area contributed by atoms with Crippen LogP contribution >= 0.6 is 0 Å². The number of hydrogen-bond donors (Lipinski definition) is 1. The van der Waals surface area contributed by atoms with E-state index in [1.54, 1.807) is 30.3 Å². The molecule has 0 aliphatic heterocycles. The van der Waals surface area contributed by atoms with Crippen LogP contribution in [0.2, 0.25) is 0 Å². The first-order valence-corrected chi connectivity index (χ1v) is 13.1. The van der Waals surface area contributed by atoms with Crippen molar-refractivity contribution in [3.05, 3.63) is 65.7 Å². The Kier molecular flexibility index (Phi) is 9.45. The molecule has 0 spiro atoms. The topological polar surface area (TPSA) is 90.0 Å². The van der Waals surface area contributed by atoms with Gasteiger partial charge in [-0.2, -0.15) is 12.7 Å². The van der Waals surface area contributed by atoms with Crippen LogP contribution in [0.4, 0.5) is 5.69 Å². The van der Waals surface area contributed by atoms with Crippen LogP contribution in [0, 0.1) is 6.92 Å². The Morgan fingerprint density at radius 1 is 0.971 bits per heavy atom. The van der Waals surface area contributed by atoms with E-state index in [2.05, 4.69) is 5.32 Å². The van der Waals surface area contributed by atoms with Gasteiger partial charge in [0.25, 0.3) is 0 Å². The van der Waals surface area contributed by atoms with Gasteiger partial charge in [0.1, 0.15) is 12.6 Å². The summed E-state index contributed by atoms with van der Waals surface area (Å²) >= 11 is 0. The predicted octanol–water partition coefficient (Wildman–Crippen LogP) is 3.33. The second-order valence-electron chi connectivity index (χ2n) is 9.74. The molecule has 0 heterocycles. The van der Waals surface area contributed by atoms with Crippen molar-refractivity contribution in [3.8, 4) is 0 Å². The van der Waals surface area contributed by atoms with Crippen molar-refractivity contribution in [1.29, 1.82) is 0 Å². The van der Waals surface area contributed by atoms with Crippen molar-refractivity contribution in [1.82, 2.24) is 14.5 Å². The summed E-state index contributed by atoms with van der Waals surface area (Å²) in [4.78, 5) is 28.5. The summed E-state index contributed by atoms with van der Waals surface area (Å²) in [6.07, 6.45) is 0.380. The molecule has 0 aliphatic carbocycles. The Balaban J connectivity index is 2.51. The fourth-order valence-electron chi connectivity index (χ4n) is 3.65. The zero-order chi connectivity index (χ0) is 26.4. The maximum atomic E-state index is 13.8. The van der Waals surface area contributed by atoms with E-state index in [4.69, 9.17) is 0 Å². The average molecular weight is 503 g/mol. The van der Waals surface area contributed by atoms with E-state index in [0.29, 0.717) is 12.1 Å². The molecule has 35 heavy (non-hydrogen) atoms. The molecule has 0 aromatic heterocycles. The quantitative estimate of drug-likeness (QED) is 0.540. The van der Waals surface area contributed by atoms with Gasteiger partial charge in [0.15, 0.2) is 0 Å². The first-order chi connectivity index (χ1) is 16.3. The van der Waals surface area contributed by atoms with Crippen LogP contribution in [-0.4, -0.2) is 61.7 Å². The van der Waals surface area contributed by atoms with Crippen molar-refractivity contribution >= 4 is 27.7 Å². The summed E-state index contributed by atoms with van der Waals surface area (Å²) in [5.74, 6) is -0.734. The average Bonchev–Trinajstić information content (AvgIpc) is 2.77.